The van der Waals surface area contributed by atoms with Crippen LogP contribution in [0.3, 0.4) is 0 Å². The van der Waals surface area contributed by atoms with E-state index in [1.807, 2.05) is 0 Å². The number of ether oxygens (including phenoxy) is 1. The maximum atomic E-state index is 5.13. The third-order valence-corrected chi connectivity index (χ3v) is 4.11. The lowest BCUT2D eigenvalue weighted by molar-refractivity contribution is 0.185. The predicted octanol–water partition coefficient (Wildman–Crippen LogP) is 3.75. The van der Waals surface area contributed by atoms with Crippen molar-refractivity contribution in [1.82, 2.24) is 5.32 Å². The molecule has 0 radical (unpaired) electrons. The average Bonchev–Trinajstić information content (AvgIpc) is 2.37. The number of methoxy groups -OCH3 is 1. The van der Waals surface area contributed by atoms with Gasteiger partial charge in [-0.15, -0.1) is 0 Å². The fraction of sp³-hybridized carbons (Fsp3) is 0.647. The summed E-state index contributed by atoms with van der Waals surface area (Å²) in [4.78, 5) is 0. The molecule has 2 unspecified atom stereocenters. The lowest BCUT2D eigenvalue weighted by Gasteiger charge is -2.32. The van der Waals surface area contributed by atoms with Gasteiger partial charge in [0.15, 0.2) is 0 Å². The Morgan fingerprint density at radius 2 is 1.58 bits per heavy atom. The molecule has 1 N–H and O–H groups in total. The minimum atomic E-state index is 0.692. The molecule has 0 bridgehead atoms. The van der Waals surface area contributed by atoms with Crippen LogP contribution < -0.4 is 5.32 Å². The van der Waals surface area contributed by atoms with Crippen LogP contribution in [0, 0.1) is 11.8 Å². The summed E-state index contributed by atoms with van der Waals surface area (Å²) in [6.07, 6.45) is 4.04. The van der Waals surface area contributed by atoms with E-state index >= 15 is 0 Å². The molecule has 2 nitrogen and oxygen atoms in total. The standard InChI is InChI=1S/C17H27NO/c1-13-8-14(2)10-17(9-13)18-11-15-4-6-16(7-5-15)12-19-3/h4-7,13-14,17-18H,8-12H2,1-3H3. The minimum absolute atomic E-state index is 0.692. The van der Waals surface area contributed by atoms with Crippen LogP contribution in [-0.2, 0) is 17.9 Å². The zero-order valence-corrected chi connectivity index (χ0v) is 12.5. The summed E-state index contributed by atoms with van der Waals surface area (Å²) in [5.41, 5.74) is 2.61. The van der Waals surface area contributed by atoms with E-state index in [4.69, 9.17) is 4.74 Å². The first-order valence-corrected chi connectivity index (χ1v) is 7.47. The van der Waals surface area contributed by atoms with Crippen molar-refractivity contribution in [2.24, 2.45) is 11.8 Å². The molecule has 2 rings (SSSR count). The van der Waals surface area contributed by atoms with Crippen molar-refractivity contribution in [2.45, 2.75) is 52.3 Å². The fourth-order valence-corrected chi connectivity index (χ4v) is 3.30. The van der Waals surface area contributed by atoms with Crippen LogP contribution in [0.15, 0.2) is 24.3 Å². The van der Waals surface area contributed by atoms with Crippen molar-refractivity contribution in [2.75, 3.05) is 7.11 Å². The van der Waals surface area contributed by atoms with Gasteiger partial charge in [0.2, 0.25) is 0 Å². The molecule has 1 aromatic carbocycles. The van der Waals surface area contributed by atoms with Crippen molar-refractivity contribution >= 4 is 0 Å². The van der Waals surface area contributed by atoms with Gasteiger partial charge in [-0.05, 0) is 42.2 Å². The fourth-order valence-electron chi connectivity index (χ4n) is 3.30. The minimum Gasteiger partial charge on any atom is -0.380 e. The lowest BCUT2D eigenvalue weighted by atomic mass is 9.80. The Bertz CT molecular complexity index is 363. The molecule has 0 aliphatic heterocycles. The highest BCUT2D eigenvalue weighted by atomic mass is 16.5. The van der Waals surface area contributed by atoms with Crippen molar-refractivity contribution in [1.29, 1.82) is 0 Å². The zero-order chi connectivity index (χ0) is 13.7. The Kier molecular flexibility index (Phi) is 5.41. The summed E-state index contributed by atoms with van der Waals surface area (Å²) in [5, 5.41) is 3.72. The van der Waals surface area contributed by atoms with Crippen molar-refractivity contribution in [3.63, 3.8) is 0 Å². The van der Waals surface area contributed by atoms with E-state index in [1.54, 1.807) is 7.11 Å². The summed E-state index contributed by atoms with van der Waals surface area (Å²) in [5.74, 6) is 1.73. The highest BCUT2D eigenvalue weighted by Crippen LogP contribution is 2.28. The van der Waals surface area contributed by atoms with Crippen LogP contribution in [-0.4, -0.2) is 13.2 Å². The van der Waals surface area contributed by atoms with E-state index < -0.39 is 0 Å². The van der Waals surface area contributed by atoms with E-state index in [1.165, 1.54) is 30.4 Å². The van der Waals surface area contributed by atoms with Crippen LogP contribution in [0.2, 0.25) is 0 Å². The Labute approximate surface area is 117 Å². The second-order valence-electron chi connectivity index (χ2n) is 6.24. The van der Waals surface area contributed by atoms with Crippen molar-refractivity contribution < 1.29 is 4.74 Å². The summed E-state index contributed by atoms with van der Waals surface area (Å²) < 4.78 is 5.13. The number of rotatable bonds is 5. The highest BCUT2D eigenvalue weighted by Gasteiger charge is 2.23. The van der Waals surface area contributed by atoms with Gasteiger partial charge < -0.3 is 10.1 Å². The van der Waals surface area contributed by atoms with E-state index in [2.05, 4.69) is 43.4 Å². The van der Waals surface area contributed by atoms with Crippen LogP contribution in [0.4, 0.5) is 0 Å². The highest BCUT2D eigenvalue weighted by molar-refractivity contribution is 5.22. The molecule has 19 heavy (non-hydrogen) atoms. The van der Waals surface area contributed by atoms with E-state index in [0.29, 0.717) is 12.6 Å². The maximum Gasteiger partial charge on any atom is 0.0713 e. The zero-order valence-electron chi connectivity index (χ0n) is 12.5. The largest absolute Gasteiger partial charge is 0.380 e. The quantitative estimate of drug-likeness (QED) is 0.871. The van der Waals surface area contributed by atoms with Crippen LogP contribution >= 0.6 is 0 Å². The third kappa shape index (κ3) is 4.63. The monoisotopic (exact) mass is 261 g/mol. The third-order valence-electron chi connectivity index (χ3n) is 4.11. The first-order chi connectivity index (χ1) is 9.17. The lowest BCUT2D eigenvalue weighted by Crippen LogP contribution is -2.35. The molecule has 1 aliphatic rings. The average molecular weight is 261 g/mol. The molecule has 0 saturated heterocycles. The molecule has 0 amide bonds. The molecule has 2 atom stereocenters. The summed E-state index contributed by atoms with van der Waals surface area (Å²) in [7, 11) is 1.74. The van der Waals surface area contributed by atoms with Gasteiger partial charge >= 0.3 is 0 Å². The maximum absolute atomic E-state index is 5.13. The predicted molar refractivity (Wildman–Crippen MR) is 80.0 cm³/mol. The number of nitrogens with one attached hydrogen (secondary N) is 1. The summed E-state index contributed by atoms with van der Waals surface area (Å²) >= 11 is 0. The second kappa shape index (κ2) is 7.06. The van der Waals surface area contributed by atoms with Gasteiger partial charge in [-0.1, -0.05) is 38.1 Å². The molecular formula is C17H27NO. The van der Waals surface area contributed by atoms with Crippen LogP contribution in [0.25, 0.3) is 0 Å². The molecule has 1 aromatic rings. The van der Waals surface area contributed by atoms with Crippen molar-refractivity contribution in [3.8, 4) is 0 Å². The van der Waals surface area contributed by atoms with E-state index in [9.17, 15) is 0 Å². The van der Waals surface area contributed by atoms with Gasteiger partial charge in [0.1, 0.15) is 0 Å². The molecule has 1 aliphatic carbocycles. The number of hydrogen-bond acceptors (Lipinski definition) is 2. The Balaban J connectivity index is 1.81. The Morgan fingerprint density at radius 3 is 2.16 bits per heavy atom. The van der Waals surface area contributed by atoms with Crippen LogP contribution in [0.5, 0.6) is 0 Å². The molecular weight excluding hydrogens is 234 g/mol. The number of benzene rings is 1. The smallest absolute Gasteiger partial charge is 0.0713 e. The van der Waals surface area contributed by atoms with E-state index in [-0.39, 0.29) is 0 Å². The summed E-state index contributed by atoms with van der Waals surface area (Å²) in [6.45, 7) is 6.44. The Hall–Kier alpha value is -0.860. The van der Waals surface area contributed by atoms with Gasteiger partial charge in [-0.2, -0.15) is 0 Å². The Morgan fingerprint density at radius 1 is 1.00 bits per heavy atom. The molecule has 2 heteroatoms. The summed E-state index contributed by atoms with van der Waals surface area (Å²) in [6, 6.07) is 9.42. The molecule has 0 heterocycles. The molecule has 0 spiro atoms. The van der Waals surface area contributed by atoms with Gasteiger partial charge in [0, 0.05) is 19.7 Å². The topological polar surface area (TPSA) is 21.3 Å². The van der Waals surface area contributed by atoms with Crippen molar-refractivity contribution in [3.05, 3.63) is 35.4 Å². The SMILES string of the molecule is COCc1ccc(CNC2CC(C)CC(C)C2)cc1. The van der Waals surface area contributed by atoms with Gasteiger partial charge in [-0.25, -0.2) is 0 Å². The normalized spacial score (nSPS) is 27.4. The van der Waals surface area contributed by atoms with Gasteiger partial charge in [0.05, 0.1) is 6.61 Å². The molecule has 0 aromatic heterocycles. The molecule has 1 fully saturated rings. The number of hydrogen-bond donors (Lipinski definition) is 1. The second-order valence-corrected chi connectivity index (χ2v) is 6.24. The van der Waals surface area contributed by atoms with Crippen LogP contribution in [0.1, 0.15) is 44.2 Å². The molecule has 106 valence electrons. The first kappa shape index (κ1) is 14.5. The van der Waals surface area contributed by atoms with Gasteiger partial charge in [0.25, 0.3) is 0 Å². The van der Waals surface area contributed by atoms with E-state index in [0.717, 1.165) is 18.4 Å². The molecule has 1 saturated carbocycles. The van der Waals surface area contributed by atoms with Gasteiger partial charge in [-0.3, -0.25) is 0 Å². The first-order valence-electron chi connectivity index (χ1n) is 7.47.